The van der Waals surface area contributed by atoms with Crippen molar-refractivity contribution >= 4 is 0 Å². The zero-order chi connectivity index (χ0) is 16.9. The van der Waals surface area contributed by atoms with Crippen LogP contribution < -0.4 is 24.8 Å². The molecule has 3 heteroatoms. The molecule has 0 radical (unpaired) electrons. The molecule has 0 N–H and O–H groups in total. The number of benzene rings is 2. The fraction of sp³-hybridized carbons (Fsp3) is 0.130. The Labute approximate surface area is 181 Å². The van der Waals surface area contributed by atoms with Gasteiger partial charge in [-0.05, 0) is 6.92 Å². The maximum atomic E-state index is 3.56. The molecule has 0 atom stereocenters. The first-order valence-corrected chi connectivity index (χ1v) is 10.9. The number of rotatable bonds is 3. The Morgan fingerprint density at radius 1 is 1.00 bits per heavy atom. The van der Waals surface area contributed by atoms with Crippen LogP contribution in [0.1, 0.15) is 28.1 Å². The third-order valence-electron chi connectivity index (χ3n) is 4.28. The Bertz CT molecular complexity index is 788. The molecule has 4 rings (SSSR count). The van der Waals surface area contributed by atoms with Gasteiger partial charge in [0.25, 0.3) is 0 Å². The average Bonchev–Trinajstić information content (AvgIpc) is 3.23. The van der Waals surface area contributed by atoms with Crippen LogP contribution in [0.2, 0.25) is 0 Å². The number of hydrogen-bond donors (Lipinski definition) is 0. The van der Waals surface area contributed by atoms with Crippen LogP contribution in [0.3, 0.4) is 0 Å². The molecule has 0 aliphatic heterocycles. The molecule has 0 aromatic heterocycles. The fourth-order valence-electron chi connectivity index (χ4n) is 3.05. The van der Waals surface area contributed by atoms with Gasteiger partial charge in [-0.25, -0.2) is 0 Å². The molecule has 26 heavy (non-hydrogen) atoms. The van der Waals surface area contributed by atoms with Crippen molar-refractivity contribution in [2.24, 2.45) is 0 Å². The standard InChI is InChI=1S/C13H9.C5H5.C5H8.2ClH.Zr/c1-3-7-12-10(5-1)9-11-6-2-4-8-13(11)12;1-2-4-5-3-1;1-4-5(2)3;;;/h1-9H;1-3H,4H2;4H,1-2H2,3H3;2*1H;/q;;;;;+2/p-2. The summed E-state index contributed by atoms with van der Waals surface area (Å²) in [6, 6.07) is 18.0. The number of halogens is 2. The minimum Gasteiger partial charge on any atom is -1.00 e. The van der Waals surface area contributed by atoms with E-state index in [2.05, 4.69) is 79.9 Å². The summed E-state index contributed by atoms with van der Waals surface area (Å²) in [7, 11) is 0. The fourth-order valence-corrected chi connectivity index (χ4v) is 7.02. The predicted octanol–water partition coefficient (Wildman–Crippen LogP) is 0.439. The molecule has 2 aromatic carbocycles. The molecule has 0 saturated carbocycles. The summed E-state index contributed by atoms with van der Waals surface area (Å²) in [5, 5.41) is 0. The minimum absolute atomic E-state index is 0. The largest absolute Gasteiger partial charge is 1.00 e. The summed E-state index contributed by atoms with van der Waals surface area (Å²) < 4.78 is 2.43. The first kappa shape index (κ1) is 22.9. The van der Waals surface area contributed by atoms with E-state index in [1.54, 1.807) is 20.5 Å². The Hall–Kier alpha value is -1.14. The van der Waals surface area contributed by atoms with E-state index in [4.69, 9.17) is 0 Å². The van der Waals surface area contributed by atoms with Gasteiger partial charge < -0.3 is 24.8 Å². The van der Waals surface area contributed by atoms with E-state index in [9.17, 15) is 0 Å². The van der Waals surface area contributed by atoms with E-state index in [-0.39, 0.29) is 24.8 Å². The molecule has 2 aliphatic rings. The molecule has 132 valence electrons. The molecular weight excluding hydrogens is 438 g/mol. The van der Waals surface area contributed by atoms with E-state index < -0.39 is 23.2 Å². The normalized spacial score (nSPS) is 12.9. The molecule has 0 heterocycles. The van der Waals surface area contributed by atoms with Crippen molar-refractivity contribution in [3.05, 3.63) is 106 Å². The zero-order valence-electron chi connectivity index (χ0n) is 14.9. The van der Waals surface area contributed by atoms with E-state index in [0.717, 1.165) is 5.57 Å². The molecule has 0 bridgehead atoms. The van der Waals surface area contributed by atoms with Gasteiger partial charge in [0.15, 0.2) is 0 Å². The summed E-state index contributed by atoms with van der Waals surface area (Å²) >= 11 is -0.570. The van der Waals surface area contributed by atoms with Gasteiger partial charge in [0.05, 0.1) is 0 Å². The Morgan fingerprint density at radius 3 is 1.92 bits per heavy atom. The van der Waals surface area contributed by atoms with Gasteiger partial charge >= 0.3 is 126 Å². The van der Waals surface area contributed by atoms with Crippen molar-refractivity contribution in [3.8, 4) is 11.1 Å². The number of hydrogen-bond acceptors (Lipinski definition) is 0. The Kier molecular flexibility index (Phi) is 9.58. The van der Waals surface area contributed by atoms with Gasteiger partial charge in [0.2, 0.25) is 0 Å². The van der Waals surface area contributed by atoms with E-state index in [1.165, 1.54) is 17.5 Å². The zero-order valence-corrected chi connectivity index (χ0v) is 18.9. The smallest absolute Gasteiger partial charge is 0.0404 e. The summed E-state index contributed by atoms with van der Waals surface area (Å²) in [5.74, 6) is 0. The van der Waals surface area contributed by atoms with Crippen molar-refractivity contribution in [1.29, 1.82) is 0 Å². The van der Waals surface area contributed by atoms with Crippen LogP contribution in [-0.2, 0) is 23.2 Å². The maximum Gasteiger partial charge on any atom is -0.0404 e. The van der Waals surface area contributed by atoms with Gasteiger partial charge in [-0.15, -0.1) is 0 Å². The van der Waals surface area contributed by atoms with Crippen LogP contribution in [0.4, 0.5) is 0 Å². The number of fused-ring (bicyclic) bond motifs is 3. The molecule has 0 amide bonds. The minimum atomic E-state index is -0.570. The van der Waals surface area contributed by atoms with Crippen LogP contribution in [0.5, 0.6) is 0 Å². The summed E-state index contributed by atoms with van der Waals surface area (Å²) in [6.45, 7) is 8.93. The van der Waals surface area contributed by atoms with Gasteiger partial charge in [-0.2, -0.15) is 0 Å². The molecule has 0 spiro atoms. The van der Waals surface area contributed by atoms with Crippen LogP contribution in [0.15, 0.2) is 94.8 Å². The van der Waals surface area contributed by atoms with Gasteiger partial charge in [-0.1, -0.05) is 24.8 Å². The third-order valence-corrected chi connectivity index (χ3v) is 8.34. The van der Waals surface area contributed by atoms with Crippen molar-refractivity contribution < 1.29 is 48.0 Å². The molecule has 2 aliphatic carbocycles. The summed E-state index contributed by atoms with van der Waals surface area (Å²) in [4.78, 5) is 0. The molecule has 0 nitrogen and oxygen atoms in total. The molecule has 2 aromatic rings. The Balaban J connectivity index is 0.000000433. The van der Waals surface area contributed by atoms with E-state index >= 15 is 0 Å². The molecule has 0 unspecified atom stereocenters. The van der Waals surface area contributed by atoms with Crippen LogP contribution in [0, 0.1) is 0 Å². The summed E-state index contributed by atoms with van der Waals surface area (Å²) in [6.07, 6.45) is 9.80. The SMILES string of the molecule is C1=CC[C]([Zr+2][CH]2c3ccccc3-c3ccccc32)=C1.C=CC(=C)C.[Cl-].[Cl-]. The van der Waals surface area contributed by atoms with Crippen LogP contribution >= 0.6 is 0 Å². The third kappa shape index (κ3) is 5.20. The van der Waals surface area contributed by atoms with Gasteiger partial charge in [0, 0.05) is 0 Å². The molecular formula is C23H22Cl2Zr. The predicted molar refractivity (Wildman–Crippen MR) is 101 cm³/mol. The second-order valence-corrected chi connectivity index (χ2v) is 9.83. The van der Waals surface area contributed by atoms with Gasteiger partial charge in [-0.3, -0.25) is 0 Å². The molecule has 0 fully saturated rings. The van der Waals surface area contributed by atoms with Crippen LogP contribution in [-0.4, -0.2) is 0 Å². The van der Waals surface area contributed by atoms with Gasteiger partial charge in [0.1, 0.15) is 0 Å². The first-order chi connectivity index (χ1) is 11.7. The topological polar surface area (TPSA) is 0 Å². The monoisotopic (exact) mass is 458 g/mol. The average molecular weight is 461 g/mol. The van der Waals surface area contributed by atoms with Crippen molar-refractivity contribution in [3.63, 3.8) is 0 Å². The van der Waals surface area contributed by atoms with Crippen molar-refractivity contribution in [2.45, 2.75) is 17.0 Å². The van der Waals surface area contributed by atoms with Crippen molar-refractivity contribution in [1.82, 2.24) is 0 Å². The van der Waals surface area contributed by atoms with Crippen LogP contribution in [0.25, 0.3) is 11.1 Å². The van der Waals surface area contributed by atoms with Crippen molar-refractivity contribution in [2.75, 3.05) is 0 Å². The second kappa shape index (κ2) is 10.9. The Morgan fingerprint density at radius 2 is 1.50 bits per heavy atom. The molecule has 0 saturated heterocycles. The first-order valence-electron chi connectivity index (χ1n) is 8.29. The van der Waals surface area contributed by atoms with E-state index in [1.807, 2.05) is 6.92 Å². The number of allylic oxidation sites excluding steroid dienone is 6. The quantitative estimate of drug-likeness (QED) is 0.584. The maximum absolute atomic E-state index is 3.56. The summed E-state index contributed by atoms with van der Waals surface area (Å²) in [5.41, 5.74) is 7.10. The van der Waals surface area contributed by atoms with E-state index in [0.29, 0.717) is 3.63 Å². The second-order valence-electron chi connectivity index (χ2n) is 6.13.